The molecule has 3 rings (SSSR count). The molecule has 0 saturated carbocycles. The molecule has 142 valence electrons. The molecule has 0 aliphatic rings. The Bertz CT molecular complexity index is 967. The van der Waals surface area contributed by atoms with Crippen molar-refractivity contribution in [1.82, 2.24) is 9.97 Å². The van der Waals surface area contributed by atoms with E-state index in [9.17, 15) is 0 Å². The Balaban J connectivity index is 1.56. The highest BCUT2D eigenvalue weighted by atomic mass is 16.5. The van der Waals surface area contributed by atoms with Gasteiger partial charge in [0.1, 0.15) is 23.9 Å². The second kappa shape index (κ2) is 9.24. The van der Waals surface area contributed by atoms with Crippen LogP contribution in [0.1, 0.15) is 11.3 Å². The number of rotatable bonds is 8. The topological polar surface area (TPSA) is 92.1 Å². The molecule has 0 bridgehead atoms. The predicted octanol–water partition coefficient (Wildman–Crippen LogP) is 3.90. The number of aromatic nitrogens is 2. The van der Waals surface area contributed by atoms with Gasteiger partial charge in [-0.05, 0) is 49.4 Å². The summed E-state index contributed by atoms with van der Waals surface area (Å²) >= 11 is 0. The van der Waals surface area contributed by atoms with Gasteiger partial charge in [0.25, 0.3) is 0 Å². The number of ether oxygens (including phenoxy) is 2. The molecule has 2 aromatic carbocycles. The third-order valence-corrected chi connectivity index (χ3v) is 3.84. The van der Waals surface area contributed by atoms with Crippen LogP contribution in [-0.4, -0.2) is 30.2 Å². The van der Waals surface area contributed by atoms with E-state index in [1.54, 1.807) is 19.2 Å². The number of anilines is 3. The monoisotopic (exact) mass is 375 g/mol. The lowest BCUT2D eigenvalue weighted by molar-refractivity contribution is 0.331. The van der Waals surface area contributed by atoms with Crippen molar-refractivity contribution in [3.8, 4) is 17.6 Å². The number of benzene rings is 2. The first kappa shape index (κ1) is 19.0. The van der Waals surface area contributed by atoms with Gasteiger partial charge in [-0.3, -0.25) is 0 Å². The fourth-order valence-corrected chi connectivity index (χ4v) is 2.53. The van der Waals surface area contributed by atoms with Gasteiger partial charge in [0, 0.05) is 17.4 Å². The molecule has 7 heteroatoms. The molecule has 28 heavy (non-hydrogen) atoms. The van der Waals surface area contributed by atoms with Gasteiger partial charge in [0.15, 0.2) is 0 Å². The highest BCUT2D eigenvalue weighted by molar-refractivity contribution is 5.57. The Morgan fingerprint density at radius 2 is 1.82 bits per heavy atom. The highest BCUT2D eigenvalue weighted by Crippen LogP contribution is 2.18. The zero-order chi connectivity index (χ0) is 19.8. The lowest BCUT2D eigenvalue weighted by Crippen LogP contribution is -2.13. The van der Waals surface area contributed by atoms with Gasteiger partial charge >= 0.3 is 0 Å². The van der Waals surface area contributed by atoms with Crippen molar-refractivity contribution in [3.63, 3.8) is 0 Å². The molecule has 0 saturated heterocycles. The van der Waals surface area contributed by atoms with Crippen molar-refractivity contribution in [2.75, 3.05) is 30.9 Å². The summed E-state index contributed by atoms with van der Waals surface area (Å²) in [4.78, 5) is 8.85. The van der Waals surface area contributed by atoms with Crippen molar-refractivity contribution in [2.45, 2.75) is 6.92 Å². The maximum Gasteiger partial charge on any atom is 0.229 e. The van der Waals surface area contributed by atoms with Crippen molar-refractivity contribution in [2.24, 2.45) is 0 Å². The molecule has 3 aromatic rings. The summed E-state index contributed by atoms with van der Waals surface area (Å²) in [5.41, 5.74) is 2.16. The summed E-state index contributed by atoms with van der Waals surface area (Å²) in [5.74, 6) is 2.74. The van der Waals surface area contributed by atoms with Gasteiger partial charge in [-0.1, -0.05) is 6.07 Å². The first-order chi connectivity index (χ1) is 13.7. The van der Waals surface area contributed by atoms with Crippen LogP contribution in [0.4, 0.5) is 17.5 Å². The Kier molecular flexibility index (Phi) is 6.26. The predicted molar refractivity (Wildman–Crippen MR) is 108 cm³/mol. The van der Waals surface area contributed by atoms with E-state index >= 15 is 0 Å². The zero-order valence-corrected chi connectivity index (χ0v) is 15.8. The smallest absolute Gasteiger partial charge is 0.229 e. The van der Waals surface area contributed by atoms with Gasteiger partial charge in [-0.25, -0.2) is 4.98 Å². The van der Waals surface area contributed by atoms with Crippen molar-refractivity contribution in [3.05, 3.63) is 65.9 Å². The van der Waals surface area contributed by atoms with E-state index in [1.165, 1.54) is 0 Å². The molecular formula is C21H21N5O2. The summed E-state index contributed by atoms with van der Waals surface area (Å²) in [6.45, 7) is 2.98. The third kappa shape index (κ3) is 5.35. The van der Waals surface area contributed by atoms with Crippen LogP contribution in [0.3, 0.4) is 0 Å². The van der Waals surface area contributed by atoms with Crippen LogP contribution in [-0.2, 0) is 0 Å². The second-order valence-electron chi connectivity index (χ2n) is 5.99. The van der Waals surface area contributed by atoms with Crippen LogP contribution >= 0.6 is 0 Å². The maximum absolute atomic E-state index is 9.01. The minimum absolute atomic E-state index is 0.466. The quantitative estimate of drug-likeness (QED) is 0.577. The van der Waals surface area contributed by atoms with Crippen LogP contribution in [0.25, 0.3) is 0 Å². The number of hydrogen-bond acceptors (Lipinski definition) is 7. The van der Waals surface area contributed by atoms with E-state index < -0.39 is 0 Å². The fourth-order valence-electron chi connectivity index (χ4n) is 2.53. The normalized spacial score (nSPS) is 10.0. The van der Waals surface area contributed by atoms with E-state index in [4.69, 9.17) is 14.7 Å². The number of nitriles is 1. The summed E-state index contributed by atoms with van der Waals surface area (Å²) in [7, 11) is 1.63. The summed E-state index contributed by atoms with van der Waals surface area (Å²) in [6, 6.07) is 18.6. The van der Waals surface area contributed by atoms with Gasteiger partial charge < -0.3 is 20.1 Å². The first-order valence-corrected chi connectivity index (χ1v) is 8.80. The second-order valence-corrected chi connectivity index (χ2v) is 5.99. The summed E-state index contributed by atoms with van der Waals surface area (Å²) in [6.07, 6.45) is 0. The van der Waals surface area contributed by atoms with Crippen molar-refractivity contribution >= 4 is 17.5 Å². The standard InChI is InChI=1S/C21H21N5O2/c1-15-12-20(23-10-11-28-19-8-6-18(27-2)7-9-19)26-21(24-15)25-17-5-3-4-16(13-17)14-22/h3-9,12-13H,10-11H2,1-2H3,(H2,23,24,25,26). The molecule has 1 heterocycles. The number of nitrogens with one attached hydrogen (secondary N) is 2. The first-order valence-electron chi connectivity index (χ1n) is 8.80. The molecule has 0 atom stereocenters. The molecule has 0 amide bonds. The van der Waals surface area contributed by atoms with Crippen molar-refractivity contribution < 1.29 is 9.47 Å². The van der Waals surface area contributed by atoms with Crippen molar-refractivity contribution in [1.29, 1.82) is 5.26 Å². The summed E-state index contributed by atoms with van der Waals surface area (Å²) < 4.78 is 10.8. The number of hydrogen-bond donors (Lipinski definition) is 2. The molecule has 7 nitrogen and oxygen atoms in total. The molecule has 0 fully saturated rings. The number of methoxy groups -OCH3 is 1. The van der Waals surface area contributed by atoms with E-state index in [-0.39, 0.29) is 0 Å². The minimum Gasteiger partial charge on any atom is -0.497 e. The minimum atomic E-state index is 0.466. The molecule has 2 N–H and O–H groups in total. The van der Waals surface area contributed by atoms with Gasteiger partial charge in [-0.2, -0.15) is 10.2 Å². The van der Waals surface area contributed by atoms with Gasteiger partial charge in [-0.15, -0.1) is 0 Å². The number of aryl methyl sites for hydroxylation is 1. The van der Waals surface area contributed by atoms with Crippen LogP contribution in [0.2, 0.25) is 0 Å². The third-order valence-electron chi connectivity index (χ3n) is 3.84. The highest BCUT2D eigenvalue weighted by Gasteiger charge is 2.04. The molecule has 0 aliphatic heterocycles. The number of nitrogens with zero attached hydrogens (tertiary/aromatic N) is 3. The molecule has 0 unspecified atom stereocenters. The van der Waals surface area contributed by atoms with Crippen LogP contribution in [0.15, 0.2) is 54.6 Å². The Hall–Kier alpha value is -3.79. The molecule has 0 aliphatic carbocycles. The lowest BCUT2D eigenvalue weighted by atomic mass is 10.2. The maximum atomic E-state index is 9.01. The SMILES string of the molecule is COc1ccc(OCCNc2cc(C)nc(Nc3cccc(C#N)c3)n2)cc1. The van der Waals surface area contributed by atoms with Gasteiger partial charge in [0.2, 0.25) is 5.95 Å². The molecule has 0 spiro atoms. The van der Waals surface area contributed by atoms with E-state index in [2.05, 4.69) is 26.7 Å². The Morgan fingerprint density at radius 3 is 2.57 bits per heavy atom. The molecular weight excluding hydrogens is 354 g/mol. The van der Waals surface area contributed by atoms with Crippen LogP contribution in [0, 0.1) is 18.3 Å². The Morgan fingerprint density at radius 1 is 1.04 bits per heavy atom. The van der Waals surface area contributed by atoms with E-state index in [0.29, 0.717) is 30.5 Å². The molecule has 1 aromatic heterocycles. The lowest BCUT2D eigenvalue weighted by Gasteiger charge is -2.11. The van der Waals surface area contributed by atoms with Crippen LogP contribution in [0.5, 0.6) is 11.5 Å². The van der Waals surface area contributed by atoms with E-state index in [0.717, 1.165) is 22.9 Å². The average molecular weight is 375 g/mol. The zero-order valence-electron chi connectivity index (χ0n) is 15.8. The fraction of sp³-hybridized carbons (Fsp3) is 0.190. The van der Waals surface area contributed by atoms with Gasteiger partial charge in [0.05, 0.1) is 25.3 Å². The summed E-state index contributed by atoms with van der Waals surface area (Å²) in [5, 5.41) is 15.4. The largest absolute Gasteiger partial charge is 0.497 e. The Labute approximate surface area is 164 Å². The van der Waals surface area contributed by atoms with Crippen LogP contribution < -0.4 is 20.1 Å². The van der Waals surface area contributed by atoms with E-state index in [1.807, 2.05) is 49.4 Å². The average Bonchev–Trinajstić information content (AvgIpc) is 2.71. The molecule has 0 radical (unpaired) electrons.